The van der Waals surface area contributed by atoms with Gasteiger partial charge in [0.15, 0.2) is 0 Å². The normalized spacial score (nSPS) is 17.2. The fourth-order valence-electron chi connectivity index (χ4n) is 4.04. The number of halogens is 1. The van der Waals surface area contributed by atoms with Crippen LogP contribution in [-0.2, 0) is 6.54 Å². The molecule has 0 saturated heterocycles. The van der Waals surface area contributed by atoms with Crippen LogP contribution in [0.2, 0.25) is 0 Å². The van der Waals surface area contributed by atoms with E-state index in [1.165, 1.54) is 40.9 Å². The summed E-state index contributed by atoms with van der Waals surface area (Å²) in [6, 6.07) is 6.50. The van der Waals surface area contributed by atoms with Crippen LogP contribution in [0.25, 0.3) is 21.7 Å². The molecule has 1 N–H and O–H groups in total. The first-order chi connectivity index (χ1) is 13.8. The van der Waals surface area contributed by atoms with Crippen molar-refractivity contribution in [2.45, 2.75) is 25.3 Å². The lowest BCUT2D eigenvalue weighted by molar-refractivity contribution is 0.627. The van der Waals surface area contributed by atoms with Crippen molar-refractivity contribution in [1.82, 2.24) is 24.7 Å². The van der Waals surface area contributed by atoms with Gasteiger partial charge in [-0.25, -0.2) is 9.37 Å². The second-order valence-electron chi connectivity index (χ2n) is 7.00. The van der Waals surface area contributed by atoms with Crippen LogP contribution in [0.1, 0.15) is 34.8 Å². The Balaban J connectivity index is 1.47. The third-order valence-electron chi connectivity index (χ3n) is 5.36. The molecule has 8 heteroatoms. The van der Waals surface area contributed by atoms with Crippen LogP contribution in [0, 0.1) is 5.82 Å². The van der Waals surface area contributed by atoms with Gasteiger partial charge in [0.25, 0.3) is 5.95 Å². The molecule has 0 bridgehead atoms. The number of hydrogen-bond donors (Lipinski definition) is 1. The first-order valence-corrected chi connectivity index (χ1v) is 9.98. The number of nitrogens with one attached hydrogen (secondary N) is 1. The fourth-order valence-corrected chi connectivity index (χ4v) is 5.39. The SMILES string of the molecule is Fc1ccc(CNc2nc(-n3cncn3)nc3sc4c(c23)C2=CCCC24)cc1. The number of nitrogens with zero attached hydrogens (tertiary/aromatic N) is 5. The van der Waals surface area contributed by atoms with E-state index in [2.05, 4.69) is 21.5 Å². The highest BCUT2D eigenvalue weighted by Crippen LogP contribution is 2.59. The summed E-state index contributed by atoms with van der Waals surface area (Å²) in [6.07, 6.45) is 7.74. The molecule has 0 amide bonds. The van der Waals surface area contributed by atoms with Crippen LogP contribution in [0.15, 0.2) is 43.0 Å². The Morgan fingerprint density at radius 1 is 1.21 bits per heavy atom. The van der Waals surface area contributed by atoms with Crippen LogP contribution in [0.4, 0.5) is 10.2 Å². The summed E-state index contributed by atoms with van der Waals surface area (Å²) >= 11 is 1.75. The Kier molecular flexibility index (Phi) is 3.37. The van der Waals surface area contributed by atoms with Crippen LogP contribution in [-0.4, -0.2) is 24.7 Å². The zero-order valence-corrected chi connectivity index (χ0v) is 15.6. The van der Waals surface area contributed by atoms with Gasteiger partial charge in [0.1, 0.15) is 29.1 Å². The molecule has 0 aliphatic heterocycles. The van der Waals surface area contributed by atoms with Crippen molar-refractivity contribution in [3.05, 3.63) is 64.8 Å². The highest BCUT2D eigenvalue weighted by atomic mass is 32.1. The second-order valence-corrected chi connectivity index (χ2v) is 8.03. The zero-order chi connectivity index (χ0) is 18.7. The van der Waals surface area contributed by atoms with Gasteiger partial charge in [0, 0.05) is 22.9 Å². The van der Waals surface area contributed by atoms with Crippen molar-refractivity contribution >= 4 is 32.9 Å². The van der Waals surface area contributed by atoms with E-state index >= 15 is 0 Å². The van der Waals surface area contributed by atoms with Gasteiger partial charge in [0.05, 0.1) is 5.39 Å². The Morgan fingerprint density at radius 2 is 2.11 bits per heavy atom. The number of allylic oxidation sites excluding steroid dienone is 2. The van der Waals surface area contributed by atoms with E-state index in [1.807, 2.05) is 0 Å². The van der Waals surface area contributed by atoms with Crippen molar-refractivity contribution in [1.29, 1.82) is 0 Å². The van der Waals surface area contributed by atoms with Crippen LogP contribution in [0.3, 0.4) is 0 Å². The Bertz CT molecular complexity index is 1230. The lowest BCUT2D eigenvalue weighted by atomic mass is 9.80. The van der Waals surface area contributed by atoms with Gasteiger partial charge in [-0.2, -0.15) is 19.7 Å². The average molecular weight is 390 g/mol. The van der Waals surface area contributed by atoms with E-state index in [1.54, 1.807) is 34.5 Å². The number of thiophene rings is 1. The number of benzene rings is 1. The van der Waals surface area contributed by atoms with Gasteiger partial charge in [-0.15, -0.1) is 11.3 Å². The molecule has 2 aliphatic rings. The summed E-state index contributed by atoms with van der Waals surface area (Å²) in [5.74, 6) is 1.60. The minimum absolute atomic E-state index is 0.236. The number of hydrogen-bond acceptors (Lipinski definition) is 6. The second kappa shape index (κ2) is 5.93. The molecule has 1 atom stereocenters. The van der Waals surface area contributed by atoms with E-state index < -0.39 is 0 Å². The van der Waals surface area contributed by atoms with E-state index in [4.69, 9.17) is 9.97 Å². The molecule has 0 fully saturated rings. The summed E-state index contributed by atoms with van der Waals surface area (Å²) < 4.78 is 14.8. The molecule has 0 spiro atoms. The van der Waals surface area contributed by atoms with Gasteiger partial charge in [0.2, 0.25) is 0 Å². The molecule has 6 nitrogen and oxygen atoms in total. The standard InChI is InChI=1S/C20H15FN6S/c21-12-6-4-11(5-7-12)8-23-18-16-15-13-2-1-3-14(13)17(15)28-19(16)26-20(25-18)27-10-22-9-24-27/h2,4-7,9-10,14H,1,3,8H2,(H,23,25,26). The predicted molar refractivity (Wildman–Crippen MR) is 106 cm³/mol. The van der Waals surface area contributed by atoms with Crippen molar-refractivity contribution in [3.63, 3.8) is 0 Å². The van der Waals surface area contributed by atoms with E-state index in [0.29, 0.717) is 18.4 Å². The van der Waals surface area contributed by atoms with Crippen molar-refractivity contribution in [2.24, 2.45) is 0 Å². The highest BCUT2D eigenvalue weighted by molar-refractivity contribution is 7.19. The summed E-state index contributed by atoms with van der Waals surface area (Å²) in [5.41, 5.74) is 3.72. The molecule has 1 unspecified atom stereocenters. The molecular formula is C20H15FN6S. The summed E-state index contributed by atoms with van der Waals surface area (Å²) in [5, 5.41) is 8.69. The number of rotatable bonds is 4. The average Bonchev–Trinajstić information content (AvgIpc) is 3.42. The Labute approximate surface area is 163 Å². The summed E-state index contributed by atoms with van der Waals surface area (Å²) in [6.45, 7) is 0.552. The molecule has 0 radical (unpaired) electrons. The topological polar surface area (TPSA) is 68.5 Å². The molecule has 3 heterocycles. The Hall–Kier alpha value is -3.13. The highest BCUT2D eigenvalue weighted by Gasteiger charge is 2.39. The molecule has 4 aromatic rings. The number of aromatic nitrogens is 5. The molecule has 0 saturated carbocycles. The maximum absolute atomic E-state index is 13.2. The maximum atomic E-state index is 13.2. The molecule has 28 heavy (non-hydrogen) atoms. The number of anilines is 1. The number of fused-ring (bicyclic) bond motifs is 6. The quantitative estimate of drug-likeness (QED) is 0.563. The summed E-state index contributed by atoms with van der Waals surface area (Å²) in [4.78, 5) is 15.9. The van der Waals surface area contributed by atoms with Crippen molar-refractivity contribution in [3.8, 4) is 5.95 Å². The Morgan fingerprint density at radius 3 is 2.93 bits per heavy atom. The molecule has 138 valence electrons. The lowest BCUT2D eigenvalue weighted by Crippen LogP contribution is -2.11. The molecule has 1 aromatic carbocycles. The third-order valence-corrected chi connectivity index (χ3v) is 6.56. The minimum atomic E-state index is -0.236. The van der Waals surface area contributed by atoms with Gasteiger partial charge < -0.3 is 5.32 Å². The summed E-state index contributed by atoms with van der Waals surface area (Å²) in [7, 11) is 0. The largest absolute Gasteiger partial charge is 0.365 e. The maximum Gasteiger partial charge on any atom is 0.255 e. The van der Waals surface area contributed by atoms with Gasteiger partial charge >= 0.3 is 0 Å². The van der Waals surface area contributed by atoms with Crippen LogP contribution in [0.5, 0.6) is 0 Å². The van der Waals surface area contributed by atoms with E-state index in [9.17, 15) is 4.39 Å². The molecular weight excluding hydrogens is 375 g/mol. The van der Waals surface area contributed by atoms with Gasteiger partial charge in [-0.3, -0.25) is 0 Å². The van der Waals surface area contributed by atoms with E-state index in [-0.39, 0.29) is 5.82 Å². The van der Waals surface area contributed by atoms with Gasteiger partial charge in [-0.1, -0.05) is 18.2 Å². The molecule has 6 rings (SSSR count). The van der Waals surface area contributed by atoms with Crippen molar-refractivity contribution < 1.29 is 4.39 Å². The third kappa shape index (κ3) is 2.31. The minimum Gasteiger partial charge on any atom is -0.365 e. The lowest BCUT2D eigenvalue weighted by Gasteiger charge is -2.26. The molecule has 2 aliphatic carbocycles. The smallest absolute Gasteiger partial charge is 0.255 e. The van der Waals surface area contributed by atoms with E-state index in [0.717, 1.165) is 28.0 Å². The van der Waals surface area contributed by atoms with Gasteiger partial charge in [-0.05, 0) is 36.1 Å². The predicted octanol–water partition coefficient (Wildman–Crippen LogP) is 4.30. The first kappa shape index (κ1) is 15.9. The first-order valence-electron chi connectivity index (χ1n) is 9.16. The molecule has 3 aromatic heterocycles. The van der Waals surface area contributed by atoms with Crippen LogP contribution >= 0.6 is 11.3 Å². The zero-order valence-electron chi connectivity index (χ0n) is 14.8. The monoisotopic (exact) mass is 390 g/mol. The van der Waals surface area contributed by atoms with Crippen LogP contribution < -0.4 is 5.32 Å². The van der Waals surface area contributed by atoms with Crippen molar-refractivity contribution in [2.75, 3.05) is 5.32 Å². The fraction of sp³-hybridized carbons (Fsp3) is 0.200.